The van der Waals surface area contributed by atoms with Crippen LogP contribution in [0.3, 0.4) is 0 Å². The molecule has 41 heavy (non-hydrogen) atoms. The van der Waals surface area contributed by atoms with Crippen LogP contribution < -0.4 is 9.47 Å². The van der Waals surface area contributed by atoms with Gasteiger partial charge in [-0.3, -0.25) is 0 Å². The quantitative estimate of drug-likeness (QED) is 0.0957. The second kappa shape index (κ2) is 18.9. The van der Waals surface area contributed by atoms with Crippen molar-refractivity contribution in [3.05, 3.63) is 59.2 Å². The van der Waals surface area contributed by atoms with Crippen molar-refractivity contribution in [1.29, 1.82) is 0 Å². The van der Waals surface area contributed by atoms with Gasteiger partial charge in [0.2, 0.25) is 0 Å². The third kappa shape index (κ3) is 11.8. The van der Waals surface area contributed by atoms with Crippen molar-refractivity contribution in [3.63, 3.8) is 0 Å². The van der Waals surface area contributed by atoms with Crippen molar-refractivity contribution in [3.8, 4) is 11.5 Å². The highest BCUT2D eigenvalue weighted by Crippen LogP contribution is 2.38. The number of carbonyl (C=O) groups is 1. The van der Waals surface area contributed by atoms with Crippen LogP contribution in [-0.2, 0) is 0 Å². The molecule has 0 unspecified atom stereocenters. The fourth-order valence-electron chi connectivity index (χ4n) is 6.03. The van der Waals surface area contributed by atoms with E-state index >= 15 is 0 Å². The zero-order chi connectivity index (χ0) is 29.3. The third-order valence-corrected chi connectivity index (χ3v) is 8.60. The molecule has 0 heterocycles. The first kappa shape index (κ1) is 33.1. The average molecular weight is 571 g/mol. The molecular formula is C36H52F2O3. The van der Waals surface area contributed by atoms with Crippen molar-refractivity contribution in [2.24, 2.45) is 5.92 Å². The maximum Gasteiger partial charge on any atom is 0.349 e. The van der Waals surface area contributed by atoms with E-state index in [1.165, 1.54) is 89.2 Å². The summed E-state index contributed by atoms with van der Waals surface area (Å²) in [5.74, 6) is -0.964. The summed E-state index contributed by atoms with van der Waals surface area (Å²) in [7, 11) is 0. The molecule has 2 aromatic carbocycles. The monoisotopic (exact) mass is 570 g/mol. The number of benzene rings is 2. The molecule has 0 atom stereocenters. The lowest BCUT2D eigenvalue weighted by Gasteiger charge is -2.29. The fraction of sp³-hybridized carbons (Fsp3) is 0.639. The number of halogens is 2. The molecule has 0 aromatic heterocycles. The highest BCUT2D eigenvalue weighted by atomic mass is 19.1. The van der Waals surface area contributed by atoms with Crippen LogP contribution in [0.1, 0.15) is 151 Å². The van der Waals surface area contributed by atoms with Gasteiger partial charge in [-0.2, -0.15) is 0 Å². The first-order valence-electron chi connectivity index (χ1n) is 16.5. The molecule has 0 amide bonds. The van der Waals surface area contributed by atoms with E-state index in [4.69, 9.17) is 9.47 Å². The number of ether oxygens (including phenoxy) is 2. The molecule has 1 fully saturated rings. The molecule has 0 saturated heterocycles. The Hall–Kier alpha value is -2.43. The topological polar surface area (TPSA) is 35.5 Å². The van der Waals surface area contributed by atoms with Crippen molar-refractivity contribution in [1.82, 2.24) is 0 Å². The van der Waals surface area contributed by atoms with E-state index in [2.05, 4.69) is 13.8 Å². The molecule has 0 bridgehead atoms. The maximum atomic E-state index is 14.9. The van der Waals surface area contributed by atoms with Crippen LogP contribution in [0.5, 0.6) is 11.5 Å². The van der Waals surface area contributed by atoms with E-state index in [-0.39, 0.29) is 11.7 Å². The van der Waals surface area contributed by atoms with Crippen LogP contribution in [0.15, 0.2) is 36.4 Å². The van der Waals surface area contributed by atoms with Gasteiger partial charge in [0.05, 0.1) is 6.61 Å². The minimum Gasteiger partial charge on any atom is -0.494 e. The number of rotatable bonds is 19. The average Bonchev–Trinajstić information content (AvgIpc) is 2.97. The first-order chi connectivity index (χ1) is 20.0. The van der Waals surface area contributed by atoms with Crippen LogP contribution >= 0.6 is 0 Å². The number of hydrogen-bond donors (Lipinski definition) is 0. The van der Waals surface area contributed by atoms with Gasteiger partial charge < -0.3 is 9.47 Å². The van der Waals surface area contributed by atoms with Crippen molar-refractivity contribution in [2.45, 2.75) is 135 Å². The summed E-state index contributed by atoms with van der Waals surface area (Å²) < 4.78 is 41.0. The Morgan fingerprint density at radius 3 is 1.80 bits per heavy atom. The van der Waals surface area contributed by atoms with Crippen LogP contribution in [0.25, 0.3) is 0 Å². The molecule has 0 spiro atoms. The summed E-state index contributed by atoms with van der Waals surface area (Å²) in [6.07, 6.45) is 21.8. The third-order valence-electron chi connectivity index (χ3n) is 8.60. The molecule has 0 N–H and O–H groups in total. The van der Waals surface area contributed by atoms with Crippen molar-refractivity contribution < 1.29 is 23.0 Å². The summed E-state index contributed by atoms with van der Waals surface area (Å²) in [4.78, 5) is 12.6. The fourth-order valence-corrected chi connectivity index (χ4v) is 6.03. The number of carbonyl (C=O) groups excluding carboxylic acids is 1. The van der Waals surface area contributed by atoms with E-state index < -0.39 is 23.2 Å². The predicted octanol–water partition coefficient (Wildman–Crippen LogP) is 11.3. The van der Waals surface area contributed by atoms with Gasteiger partial charge in [-0.15, -0.1) is 0 Å². The first-order valence-corrected chi connectivity index (χ1v) is 16.5. The molecule has 3 rings (SSSR count). The summed E-state index contributed by atoms with van der Waals surface area (Å²) in [6.45, 7) is 5.10. The Morgan fingerprint density at radius 1 is 0.707 bits per heavy atom. The molecule has 1 aliphatic carbocycles. The summed E-state index contributed by atoms with van der Waals surface area (Å²) in [5.41, 5.74) is 0.00996. The van der Waals surface area contributed by atoms with Gasteiger partial charge in [0.1, 0.15) is 28.7 Å². The summed E-state index contributed by atoms with van der Waals surface area (Å²) in [5, 5.41) is 0. The minimum atomic E-state index is -1.02. The maximum absolute atomic E-state index is 14.9. The molecule has 1 saturated carbocycles. The minimum absolute atomic E-state index is 0.138. The highest BCUT2D eigenvalue weighted by molar-refractivity contribution is 5.91. The van der Waals surface area contributed by atoms with E-state index in [0.717, 1.165) is 44.4 Å². The Labute approximate surface area is 247 Å². The van der Waals surface area contributed by atoms with Gasteiger partial charge >= 0.3 is 5.97 Å². The van der Waals surface area contributed by atoms with Crippen LogP contribution in [0.2, 0.25) is 0 Å². The molecule has 228 valence electrons. The predicted molar refractivity (Wildman–Crippen MR) is 164 cm³/mol. The molecule has 2 aromatic rings. The van der Waals surface area contributed by atoms with E-state index in [0.29, 0.717) is 17.9 Å². The zero-order valence-corrected chi connectivity index (χ0v) is 25.5. The summed E-state index contributed by atoms with van der Waals surface area (Å²) in [6, 6.07) is 9.27. The Kier molecular flexibility index (Phi) is 15.2. The van der Waals surface area contributed by atoms with Crippen LogP contribution in [-0.4, -0.2) is 12.6 Å². The van der Waals surface area contributed by atoms with E-state index in [1.807, 2.05) is 0 Å². The largest absolute Gasteiger partial charge is 0.494 e. The number of esters is 1. The van der Waals surface area contributed by atoms with Crippen molar-refractivity contribution in [2.75, 3.05) is 6.61 Å². The smallest absolute Gasteiger partial charge is 0.349 e. The van der Waals surface area contributed by atoms with Gasteiger partial charge in [-0.25, -0.2) is 13.6 Å². The molecule has 3 nitrogen and oxygen atoms in total. The second-order valence-corrected chi connectivity index (χ2v) is 12.0. The lowest BCUT2D eigenvalue weighted by molar-refractivity contribution is 0.0724. The Morgan fingerprint density at radius 2 is 1.22 bits per heavy atom. The lowest BCUT2D eigenvalue weighted by Crippen LogP contribution is -2.16. The van der Waals surface area contributed by atoms with Gasteiger partial charge in [-0.1, -0.05) is 97.3 Å². The van der Waals surface area contributed by atoms with E-state index in [9.17, 15) is 13.6 Å². The SMILES string of the molecule is CCCCCCCCCCCCOc1ccc(OC(=O)c2c(F)cc([C@H]3CC[C@H](CCCCC)CC3)cc2F)cc1. The molecule has 1 aliphatic rings. The standard InChI is InChI=1S/C36H52F2O3/c1-3-5-7-8-9-10-11-12-13-15-25-40-31-21-23-32(24-22-31)41-36(39)35-33(37)26-30(27-34(35)38)29-19-17-28(18-20-29)16-14-6-4-2/h21-24,26-29H,3-20,25H2,1-2H3/t28-,29-. The second-order valence-electron chi connectivity index (χ2n) is 12.0. The summed E-state index contributed by atoms with van der Waals surface area (Å²) >= 11 is 0. The van der Waals surface area contributed by atoms with Gasteiger partial charge in [0.15, 0.2) is 0 Å². The lowest BCUT2D eigenvalue weighted by atomic mass is 9.77. The number of hydrogen-bond acceptors (Lipinski definition) is 3. The van der Waals surface area contributed by atoms with Crippen LogP contribution in [0.4, 0.5) is 8.78 Å². The normalized spacial score (nSPS) is 17.0. The molecular weight excluding hydrogens is 518 g/mol. The molecule has 5 heteroatoms. The Bertz CT molecular complexity index is 989. The Balaban J connectivity index is 1.38. The van der Waals surface area contributed by atoms with Gasteiger partial charge in [-0.05, 0) is 85.9 Å². The zero-order valence-electron chi connectivity index (χ0n) is 25.5. The van der Waals surface area contributed by atoms with Gasteiger partial charge in [0, 0.05) is 0 Å². The van der Waals surface area contributed by atoms with E-state index in [1.54, 1.807) is 24.3 Å². The molecule has 0 aliphatic heterocycles. The van der Waals surface area contributed by atoms with Crippen LogP contribution in [0, 0.1) is 17.6 Å². The molecule has 0 radical (unpaired) electrons. The van der Waals surface area contributed by atoms with Gasteiger partial charge in [0.25, 0.3) is 0 Å². The number of unbranched alkanes of at least 4 members (excludes halogenated alkanes) is 11. The highest BCUT2D eigenvalue weighted by Gasteiger charge is 2.26. The van der Waals surface area contributed by atoms with Crippen molar-refractivity contribution >= 4 is 5.97 Å².